The summed E-state index contributed by atoms with van der Waals surface area (Å²) in [6.07, 6.45) is 1.71. The molecule has 0 saturated heterocycles. The molecule has 0 bridgehead atoms. The van der Waals surface area contributed by atoms with Crippen LogP contribution in [0.4, 0.5) is 0 Å². The molecule has 17 heavy (non-hydrogen) atoms. The van der Waals surface area contributed by atoms with Crippen molar-refractivity contribution < 1.29 is 14.3 Å². The van der Waals surface area contributed by atoms with Gasteiger partial charge in [0.15, 0.2) is 0 Å². The number of hydrogen-bond acceptors (Lipinski definition) is 3. The van der Waals surface area contributed by atoms with Gasteiger partial charge in [-0.1, -0.05) is 6.07 Å². The molecular weight excluding hydrogens is 216 g/mol. The zero-order chi connectivity index (χ0) is 12.8. The van der Waals surface area contributed by atoms with Gasteiger partial charge in [-0.2, -0.15) is 0 Å². The lowest BCUT2D eigenvalue weighted by Crippen LogP contribution is -2.04. The fourth-order valence-electron chi connectivity index (χ4n) is 1.31. The number of esters is 1. The van der Waals surface area contributed by atoms with Crippen molar-refractivity contribution in [3.63, 3.8) is 0 Å². The van der Waals surface area contributed by atoms with Crippen LogP contribution in [-0.2, 0) is 9.53 Å². The normalized spacial score (nSPS) is 11.2. The summed E-state index contributed by atoms with van der Waals surface area (Å²) in [5.41, 5.74) is 2.98. The Morgan fingerprint density at radius 3 is 2.59 bits per heavy atom. The first kappa shape index (κ1) is 13.3. The molecule has 0 amide bonds. The van der Waals surface area contributed by atoms with Crippen LogP contribution in [0.1, 0.15) is 18.1 Å². The molecule has 0 aliphatic rings. The number of carbonyl (C=O) groups excluding carboxylic acids is 1. The highest BCUT2D eigenvalue weighted by Gasteiger charge is 2.02. The number of aryl methyl sites for hydroxylation is 2. The molecule has 1 aromatic rings. The van der Waals surface area contributed by atoms with Crippen molar-refractivity contribution in [2.75, 3.05) is 13.7 Å². The summed E-state index contributed by atoms with van der Waals surface area (Å²) >= 11 is 0. The maximum atomic E-state index is 11.1. The maximum absolute atomic E-state index is 11.1. The van der Waals surface area contributed by atoms with Crippen LogP contribution < -0.4 is 4.74 Å². The highest BCUT2D eigenvalue weighted by atomic mass is 16.5. The van der Waals surface area contributed by atoms with Crippen LogP contribution in [0.3, 0.4) is 0 Å². The van der Waals surface area contributed by atoms with E-state index in [2.05, 4.69) is 11.7 Å². The smallest absolute Gasteiger partial charge is 0.333 e. The van der Waals surface area contributed by atoms with E-state index >= 15 is 0 Å². The predicted molar refractivity (Wildman–Crippen MR) is 67.2 cm³/mol. The molecule has 0 aromatic heterocycles. The zero-order valence-electron chi connectivity index (χ0n) is 10.7. The SMILES string of the molecule is COC(=O)C(C)=CCOc1ccc(C)c(C)c1. The minimum atomic E-state index is -0.325. The second kappa shape index (κ2) is 6.09. The fourth-order valence-corrected chi connectivity index (χ4v) is 1.31. The number of hydrogen-bond donors (Lipinski definition) is 0. The molecule has 0 unspecified atom stereocenters. The third kappa shape index (κ3) is 3.94. The molecule has 0 fully saturated rings. The summed E-state index contributed by atoms with van der Waals surface area (Å²) in [7, 11) is 1.36. The highest BCUT2D eigenvalue weighted by molar-refractivity contribution is 5.87. The molecule has 3 nitrogen and oxygen atoms in total. The molecule has 0 spiro atoms. The van der Waals surface area contributed by atoms with Gasteiger partial charge in [0.05, 0.1) is 7.11 Å². The maximum Gasteiger partial charge on any atom is 0.333 e. The van der Waals surface area contributed by atoms with Crippen LogP contribution in [0.15, 0.2) is 29.8 Å². The van der Waals surface area contributed by atoms with Gasteiger partial charge in [-0.3, -0.25) is 0 Å². The Labute approximate surface area is 102 Å². The molecule has 92 valence electrons. The van der Waals surface area contributed by atoms with E-state index in [1.165, 1.54) is 18.2 Å². The van der Waals surface area contributed by atoms with Gasteiger partial charge < -0.3 is 9.47 Å². The van der Waals surface area contributed by atoms with E-state index in [0.29, 0.717) is 12.2 Å². The van der Waals surface area contributed by atoms with Crippen LogP contribution in [-0.4, -0.2) is 19.7 Å². The summed E-state index contributed by atoms with van der Waals surface area (Å²) in [5.74, 6) is 0.482. The Balaban J connectivity index is 2.56. The summed E-state index contributed by atoms with van der Waals surface area (Å²) in [4.78, 5) is 11.1. The van der Waals surface area contributed by atoms with Crippen molar-refractivity contribution >= 4 is 5.97 Å². The van der Waals surface area contributed by atoms with Gasteiger partial charge in [-0.25, -0.2) is 4.79 Å². The predicted octanol–water partition coefficient (Wildman–Crippen LogP) is 2.80. The van der Waals surface area contributed by atoms with Gasteiger partial charge in [0.1, 0.15) is 12.4 Å². The van der Waals surface area contributed by atoms with Crippen molar-refractivity contribution in [3.8, 4) is 5.75 Å². The van der Waals surface area contributed by atoms with E-state index in [1.54, 1.807) is 13.0 Å². The Bertz CT molecular complexity index is 433. The van der Waals surface area contributed by atoms with Gasteiger partial charge in [0.25, 0.3) is 0 Å². The van der Waals surface area contributed by atoms with Gasteiger partial charge in [0.2, 0.25) is 0 Å². The van der Waals surface area contributed by atoms with Crippen molar-refractivity contribution in [3.05, 3.63) is 41.0 Å². The summed E-state index contributed by atoms with van der Waals surface area (Å²) in [6, 6.07) is 5.92. The van der Waals surface area contributed by atoms with Crippen LogP contribution in [0, 0.1) is 13.8 Å². The summed E-state index contributed by atoms with van der Waals surface area (Å²) < 4.78 is 10.1. The van der Waals surface area contributed by atoms with E-state index in [4.69, 9.17) is 4.74 Å². The van der Waals surface area contributed by atoms with Crippen molar-refractivity contribution in [1.82, 2.24) is 0 Å². The monoisotopic (exact) mass is 234 g/mol. The molecule has 0 radical (unpaired) electrons. The Kier molecular flexibility index (Phi) is 4.76. The lowest BCUT2D eigenvalue weighted by Gasteiger charge is -2.06. The molecule has 0 saturated carbocycles. The summed E-state index contributed by atoms with van der Waals surface area (Å²) in [5, 5.41) is 0. The molecule has 0 aliphatic heterocycles. The first-order valence-corrected chi connectivity index (χ1v) is 5.49. The van der Waals surface area contributed by atoms with E-state index in [1.807, 2.05) is 25.1 Å². The minimum Gasteiger partial charge on any atom is -0.490 e. The number of ether oxygens (including phenoxy) is 2. The van der Waals surface area contributed by atoms with E-state index < -0.39 is 0 Å². The second-order valence-corrected chi connectivity index (χ2v) is 3.94. The van der Waals surface area contributed by atoms with Crippen LogP contribution >= 0.6 is 0 Å². The molecule has 1 rings (SSSR count). The summed E-state index contributed by atoms with van der Waals surface area (Å²) in [6.45, 7) is 6.16. The minimum absolute atomic E-state index is 0.325. The number of methoxy groups -OCH3 is 1. The van der Waals surface area contributed by atoms with Crippen molar-refractivity contribution in [1.29, 1.82) is 0 Å². The molecule has 0 heterocycles. The Morgan fingerprint density at radius 1 is 1.29 bits per heavy atom. The lowest BCUT2D eigenvalue weighted by atomic mass is 10.1. The van der Waals surface area contributed by atoms with Crippen molar-refractivity contribution in [2.45, 2.75) is 20.8 Å². The highest BCUT2D eigenvalue weighted by Crippen LogP contribution is 2.16. The Hall–Kier alpha value is -1.77. The average Bonchev–Trinajstić information content (AvgIpc) is 2.32. The largest absolute Gasteiger partial charge is 0.490 e. The molecule has 0 aliphatic carbocycles. The van der Waals surface area contributed by atoms with Crippen LogP contribution in [0.25, 0.3) is 0 Å². The second-order valence-electron chi connectivity index (χ2n) is 3.94. The molecule has 0 atom stereocenters. The zero-order valence-corrected chi connectivity index (χ0v) is 10.7. The molecule has 3 heteroatoms. The van der Waals surface area contributed by atoms with Crippen LogP contribution in [0.5, 0.6) is 5.75 Å². The van der Waals surface area contributed by atoms with E-state index in [-0.39, 0.29) is 5.97 Å². The number of rotatable bonds is 4. The van der Waals surface area contributed by atoms with E-state index in [9.17, 15) is 4.79 Å². The first-order valence-electron chi connectivity index (χ1n) is 5.49. The topological polar surface area (TPSA) is 35.5 Å². The Morgan fingerprint density at radius 2 is 2.00 bits per heavy atom. The van der Waals surface area contributed by atoms with Gasteiger partial charge in [-0.05, 0) is 50.1 Å². The van der Waals surface area contributed by atoms with E-state index in [0.717, 1.165) is 5.75 Å². The number of benzene rings is 1. The molecule has 0 N–H and O–H groups in total. The quantitative estimate of drug-likeness (QED) is 0.593. The molecule has 1 aromatic carbocycles. The standard InChI is InChI=1S/C14H18O3/c1-10-5-6-13(9-12(10)3)17-8-7-11(2)14(15)16-4/h5-7,9H,8H2,1-4H3. The van der Waals surface area contributed by atoms with Crippen molar-refractivity contribution in [2.24, 2.45) is 0 Å². The van der Waals surface area contributed by atoms with Gasteiger partial charge in [-0.15, -0.1) is 0 Å². The molecular formula is C14H18O3. The fraction of sp³-hybridized carbons (Fsp3) is 0.357. The van der Waals surface area contributed by atoms with Gasteiger partial charge in [0, 0.05) is 5.57 Å². The third-order valence-electron chi connectivity index (χ3n) is 2.63. The van der Waals surface area contributed by atoms with Gasteiger partial charge >= 0.3 is 5.97 Å². The third-order valence-corrected chi connectivity index (χ3v) is 2.63. The van der Waals surface area contributed by atoms with Crippen LogP contribution in [0.2, 0.25) is 0 Å². The average molecular weight is 234 g/mol. The lowest BCUT2D eigenvalue weighted by molar-refractivity contribution is -0.136. The number of carbonyl (C=O) groups is 1. The first-order chi connectivity index (χ1) is 8.04.